The van der Waals surface area contributed by atoms with Crippen molar-refractivity contribution in [2.24, 2.45) is 0 Å². The molecule has 26 heavy (non-hydrogen) atoms. The third kappa shape index (κ3) is 3.06. The van der Waals surface area contributed by atoms with Gasteiger partial charge in [0.25, 0.3) is 5.69 Å². The molecule has 0 amide bonds. The van der Waals surface area contributed by atoms with E-state index in [1.54, 1.807) is 10.7 Å². The molecule has 0 saturated carbocycles. The molecule has 0 bridgehead atoms. The molecular weight excluding hydrogens is 334 g/mol. The Kier molecular flexibility index (Phi) is 4.53. The van der Waals surface area contributed by atoms with Crippen LogP contribution in [0.15, 0.2) is 48.5 Å². The fraction of sp³-hybridized carbons (Fsp3) is 0.158. The largest absolute Gasteiger partial charge is 0.478 e. The van der Waals surface area contributed by atoms with Crippen molar-refractivity contribution in [3.63, 3.8) is 0 Å². The smallest absolute Gasteiger partial charge is 0.339 e. The highest BCUT2D eigenvalue weighted by Crippen LogP contribution is 2.30. The van der Waals surface area contributed by atoms with Crippen molar-refractivity contribution in [1.29, 1.82) is 0 Å². The third-order valence-corrected chi connectivity index (χ3v) is 4.11. The lowest BCUT2D eigenvalue weighted by molar-refractivity contribution is -0.384. The molecule has 1 aromatic heterocycles. The van der Waals surface area contributed by atoms with Gasteiger partial charge in [-0.15, -0.1) is 0 Å². The molecule has 3 aromatic rings. The number of rotatable bonds is 5. The van der Waals surface area contributed by atoms with Crippen LogP contribution in [0.3, 0.4) is 0 Å². The van der Waals surface area contributed by atoms with Crippen molar-refractivity contribution in [3.8, 4) is 16.9 Å². The first kappa shape index (κ1) is 17.3. The first-order chi connectivity index (χ1) is 12.4. The van der Waals surface area contributed by atoms with Crippen molar-refractivity contribution in [2.45, 2.75) is 20.3 Å². The summed E-state index contributed by atoms with van der Waals surface area (Å²) in [4.78, 5) is 22.5. The molecule has 0 radical (unpaired) electrons. The van der Waals surface area contributed by atoms with Gasteiger partial charge in [0.1, 0.15) is 11.3 Å². The number of benzene rings is 2. The zero-order chi connectivity index (χ0) is 18.8. The highest BCUT2D eigenvalue weighted by molar-refractivity contribution is 5.96. The molecule has 132 valence electrons. The van der Waals surface area contributed by atoms with Gasteiger partial charge >= 0.3 is 5.97 Å². The number of carbonyl (C=O) groups is 1. The summed E-state index contributed by atoms with van der Waals surface area (Å²) in [6.07, 6.45) is 0.456. The molecule has 0 saturated heterocycles. The Balaban J connectivity index is 2.28. The number of nitro groups is 1. The van der Waals surface area contributed by atoms with Crippen LogP contribution in [0.5, 0.6) is 0 Å². The lowest BCUT2D eigenvalue weighted by Gasteiger charge is -2.07. The summed E-state index contributed by atoms with van der Waals surface area (Å²) in [7, 11) is 0. The summed E-state index contributed by atoms with van der Waals surface area (Å²) in [5.41, 5.74) is 2.90. The van der Waals surface area contributed by atoms with E-state index in [0.717, 1.165) is 11.3 Å². The Labute approximate surface area is 149 Å². The SMILES string of the molecule is CCc1c(C(=O)O)c(-c2cccc([N+](=O)[O-])c2)nn1-c1cccc(C)c1. The highest BCUT2D eigenvalue weighted by Gasteiger charge is 2.25. The van der Waals surface area contributed by atoms with E-state index in [4.69, 9.17) is 0 Å². The second-order valence-corrected chi connectivity index (χ2v) is 5.89. The molecule has 7 heteroatoms. The maximum absolute atomic E-state index is 11.9. The number of carboxylic acids is 1. The quantitative estimate of drug-likeness (QED) is 0.553. The first-order valence-electron chi connectivity index (χ1n) is 8.09. The lowest BCUT2D eigenvalue weighted by Crippen LogP contribution is -2.05. The zero-order valence-electron chi connectivity index (χ0n) is 14.3. The Morgan fingerprint density at radius 2 is 1.96 bits per heavy atom. The number of non-ortho nitro benzene ring substituents is 1. The molecule has 0 fully saturated rings. The standard InChI is InChI=1S/C19H17N3O4/c1-3-16-17(19(23)24)18(13-7-5-9-15(11-13)22(25)26)20-21(16)14-8-4-6-12(2)10-14/h4-11H,3H2,1-2H3,(H,23,24). The van der Waals surface area contributed by atoms with Crippen LogP contribution in [0.2, 0.25) is 0 Å². The van der Waals surface area contributed by atoms with Crippen LogP contribution >= 0.6 is 0 Å². The minimum Gasteiger partial charge on any atom is -0.478 e. The van der Waals surface area contributed by atoms with Crippen molar-refractivity contribution in [2.75, 3.05) is 0 Å². The predicted octanol–water partition coefficient (Wildman–Crippen LogP) is 4.02. The zero-order valence-corrected chi connectivity index (χ0v) is 14.3. The van der Waals surface area contributed by atoms with Crippen LogP contribution in [-0.4, -0.2) is 25.8 Å². The van der Waals surface area contributed by atoms with Crippen LogP contribution in [0, 0.1) is 17.0 Å². The molecule has 0 unspecified atom stereocenters. The van der Waals surface area contributed by atoms with Crippen molar-refractivity contribution in [1.82, 2.24) is 9.78 Å². The summed E-state index contributed by atoms with van der Waals surface area (Å²) >= 11 is 0. The van der Waals surface area contributed by atoms with Gasteiger partial charge in [-0.05, 0) is 31.0 Å². The molecule has 0 aliphatic heterocycles. The number of nitrogens with zero attached hydrogens (tertiary/aromatic N) is 3. The number of aryl methyl sites for hydroxylation is 1. The van der Waals surface area contributed by atoms with Crippen LogP contribution in [-0.2, 0) is 6.42 Å². The number of nitro benzene ring substituents is 1. The fourth-order valence-electron chi connectivity index (χ4n) is 2.95. The van der Waals surface area contributed by atoms with Gasteiger partial charge in [0.05, 0.1) is 16.3 Å². The third-order valence-electron chi connectivity index (χ3n) is 4.11. The second kappa shape index (κ2) is 6.79. The van der Waals surface area contributed by atoms with E-state index >= 15 is 0 Å². The van der Waals surface area contributed by atoms with Gasteiger partial charge in [-0.3, -0.25) is 10.1 Å². The van der Waals surface area contributed by atoms with E-state index in [2.05, 4.69) is 5.10 Å². The van der Waals surface area contributed by atoms with E-state index in [0.29, 0.717) is 17.7 Å². The molecular formula is C19H17N3O4. The van der Waals surface area contributed by atoms with Gasteiger partial charge in [0.15, 0.2) is 0 Å². The number of hydrogen-bond donors (Lipinski definition) is 1. The number of aromatic carboxylic acids is 1. The van der Waals surface area contributed by atoms with Crippen molar-refractivity contribution >= 4 is 11.7 Å². The monoisotopic (exact) mass is 351 g/mol. The number of carboxylic acid groups (broad SMARTS) is 1. The minimum atomic E-state index is -1.11. The Hall–Kier alpha value is -3.48. The number of hydrogen-bond acceptors (Lipinski definition) is 4. The van der Waals surface area contributed by atoms with E-state index in [9.17, 15) is 20.0 Å². The molecule has 0 spiro atoms. The predicted molar refractivity (Wildman–Crippen MR) is 96.7 cm³/mol. The molecule has 3 rings (SSSR count). The van der Waals surface area contributed by atoms with Crippen molar-refractivity contribution < 1.29 is 14.8 Å². The molecule has 1 N–H and O–H groups in total. The van der Waals surface area contributed by atoms with Crippen molar-refractivity contribution in [3.05, 3.63) is 75.5 Å². The van der Waals surface area contributed by atoms with E-state index in [-0.39, 0.29) is 16.9 Å². The number of aromatic nitrogens is 2. The van der Waals surface area contributed by atoms with Gasteiger partial charge in [-0.1, -0.05) is 31.2 Å². The van der Waals surface area contributed by atoms with Crippen LogP contribution in [0.1, 0.15) is 28.5 Å². The van der Waals surface area contributed by atoms with E-state index in [1.807, 2.05) is 38.1 Å². The first-order valence-corrected chi connectivity index (χ1v) is 8.09. The van der Waals surface area contributed by atoms with Gasteiger partial charge < -0.3 is 5.11 Å². The highest BCUT2D eigenvalue weighted by atomic mass is 16.6. The van der Waals surface area contributed by atoms with Gasteiger partial charge in [-0.2, -0.15) is 5.10 Å². The van der Waals surface area contributed by atoms with E-state index < -0.39 is 10.9 Å². The van der Waals surface area contributed by atoms with Crippen LogP contribution < -0.4 is 0 Å². The molecule has 0 aliphatic carbocycles. The van der Waals surface area contributed by atoms with Gasteiger partial charge in [-0.25, -0.2) is 9.48 Å². The maximum atomic E-state index is 11.9. The summed E-state index contributed by atoms with van der Waals surface area (Å²) in [6, 6.07) is 13.4. The molecule has 7 nitrogen and oxygen atoms in total. The van der Waals surface area contributed by atoms with Gasteiger partial charge in [0, 0.05) is 17.7 Å². The normalized spacial score (nSPS) is 10.7. The topological polar surface area (TPSA) is 98.3 Å². The lowest BCUT2D eigenvalue weighted by atomic mass is 10.0. The Morgan fingerprint density at radius 1 is 1.23 bits per heavy atom. The fourth-order valence-corrected chi connectivity index (χ4v) is 2.95. The summed E-state index contributed by atoms with van der Waals surface area (Å²) in [6.45, 7) is 3.80. The average molecular weight is 351 g/mol. The molecule has 0 atom stereocenters. The molecule has 1 heterocycles. The Bertz CT molecular complexity index is 1010. The average Bonchev–Trinajstić information content (AvgIpc) is 3.01. The molecule has 0 aliphatic rings. The van der Waals surface area contributed by atoms with E-state index in [1.165, 1.54) is 18.2 Å². The van der Waals surface area contributed by atoms with Crippen LogP contribution in [0.25, 0.3) is 16.9 Å². The minimum absolute atomic E-state index is 0.0644. The summed E-state index contributed by atoms with van der Waals surface area (Å²) in [5, 5.41) is 25.3. The summed E-state index contributed by atoms with van der Waals surface area (Å²) < 4.78 is 1.60. The molecule has 2 aromatic carbocycles. The Morgan fingerprint density at radius 3 is 2.58 bits per heavy atom. The maximum Gasteiger partial charge on any atom is 0.339 e. The second-order valence-electron chi connectivity index (χ2n) is 5.89. The van der Waals surface area contributed by atoms with Crippen LogP contribution in [0.4, 0.5) is 5.69 Å². The summed E-state index contributed by atoms with van der Waals surface area (Å²) in [5.74, 6) is -1.11. The van der Waals surface area contributed by atoms with Gasteiger partial charge in [0.2, 0.25) is 0 Å².